The van der Waals surface area contributed by atoms with Crippen LogP contribution in [0.3, 0.4) is 0 Å². The average molecular weight is 436 g/mol. The summed E-state index contributed by atoms with van der Waals surface area (Å²) in [5.74, 6) is 1.47. The number of hydrogen-bond donors (Lipinski definition) is 1. The Bertz CT molecular complexity index is 1010. The Morgan fingerprint density at radius 2 is 1.92 bits per heavy atom. The molecule has 0 saturated heterocycles. The van der Waals surface area contributed by atoms with Crippen molar-refractivity contribution in [2.24, 2.45) is 0 Å². The molecule has 26 heavy (non-hydrogen) atoms. The number of nitrogens with zero attached hydrogens (tertiary/aromatic N) is 2. The number of sulfonamides is 1. The Kier molecular flexibility index (Phi) is 5.45. The summed E-state index contributed by atoms with van der Waals surface area (Å²) in [4.78, 5) is 4.37. The van der Waals surface area contributed by atoms with E-state index >= 15 is 0 Å². The fourth-order valence-electron chi connectivity index (χ4n) is 2.50. The quantitative estimate of drug-likeness (QED) is 0.643. The topological polar surface area (TPSA) is 73.2 Å². The fraction of sp³-hybridized carbons (Fsp3) is 0.167. The van der Waals surface area contributed by atoms with Crippen molar-refractivity contribution in [3.05, 3.63) is 70.7 Å². The summed E-state index contributed by atoms with van der Waals surface area (Å²) in [6.07, 6.45) is 3.62. The number of rotatable bonds is 6. The lowest BCUT2D eigenvalue weighted by Gasteiger charge is -2.10. The third-order valence-electron chi connectivity index (χ3n) is 3.94. The highest BCUT2D eigenvalue weighted by Crippen LogP contribution is 2.27. The molecule has 8 heteroatoms. The highest BCUT2D eigenvalue weighted by atomic mass is 79.9. The first kappa shape index (κ1) is 18.6. The molecular formula is C18H18BrN3O3S. The van der Waals surface area contributed by atoms with Crippen molar-refractivity contribution in [1.29, 1.82) is 0 Å². The first-order chi connectivity index (χ1) is 12.4. The molecule has 0 aliphatic carbocycles. The van der Waals surface area contributed by atoms with Crippen LogP contribution in [-0.2, 0) is 16.6 Å². The molecule has 0 bridgehead atoms. The number of aromatic nitrogens is 2. The molecular weight excluding hydrogens is 418 g/mol. The van der Waals surface area contributed by atoms with Crippen LogP contribution in [0.4, 0.5) is 0 Å². The maximum atomic E-state index is 12.5. The second kappa shape index (κ2) is 7.61. The Hall–Kier alpha value is -2.16. The molecule has 3 rings (SSSR count). The van der Waals surface area contributed by atoms with Gasteiger partial charge in [0.05, 0.1) is 16.5 Å². The van der Waals surface area contributed by atoms with Gasteiger partial charge in [0.2, 0.25) is 10.0 Å². The van der Waals surface area contributed by atoms with Crippen molar-refractivity contribution < 1.29 is 13.2 Å². The van der Waals surface area contributed by atoms with Gasteiger partial charge in [-0.2, -0.15) is 0 Å². The minimum atomic E-state index is -3.62. The number of nitrogens with one attached hydrogen (secondary N) is 1. The third kappa shape index (κ3) is 3.98. The molecule has 0 spiro atoms. The number of halogens is 1. The number of hydrogen-bond acceptors (Lipinski definition) is 4. The lowest BCUT2D eigenvalue weighted by atomic mass is 10.2. The van der Waals surface area contributed by atoms with Gasteiger partial charge in [-0.05, 0) is 58.7 Å². The van der Waals surface area contributed by atoms with Crippen molar-refractivity contribution in [3.8, 4) is 11.4 Å². The molecule has 1 N–H and O–H groups in total. The van der Waals surface area contributed by atoms with Crippen LogP contribution in [0.5, 0.6) is 5.75 Å². The SMILES string of the molecule is COc1ccc(S(=O)(=O)NCc2ccc(-n3ccnc3C)cc2)cc1Br. The summed E-state index contributed by atoms with van der Waals surface area (Å²) in [5, 5.41) is 0. The minimum Gasteiger partial charge on any atom is -0.496 e. The lowest BCUT2D eigenvalue weighted by Crippen LogP contribution is -2.23. The molecule has 0 aliphatic rings. The van der Waals surface area contributed by atoms with E-state index < -0.39 is 10.0 Å². The minimum absolute atomic E-state index is 0.177. The smallest absolute Gasteiger partial charge is 0.240 e. The van der Waals surface area contributed by atoms with E-state index in [1.54, 1.807) is 12.3 Å². The molecule has 1 heterocycles. The molecule has 2 aromatic carbocycles. The molecule has 136 valence electrons. The Morgan fingerprint density at radius 3 is 2.50 bits per heavy atom. The van der Waals surface area contributed by atoms with Crippen molar-refractivity contribution >= 4 is 26.0 Å². The van der Waals surface area contributed by atoms with Gasteiger partial charge in [-0.1, -0.05) is 12.1 Å². The fourth-order valence-corrected chi connectivity index (χ4v) is 4.24. The number of aryl methyl sites for hydroxylation is 1. The summed E-state index contributed by atoms with van der Waals surface area (Å²) < 4.78 is 35.2. The molecule has 0 radical (unpaired) electrons. The van der Waals surface area contributed by atoms with E-state index in [-0.39, 0.29) is 11.4 Å². The van der Waals surface area contributed by atoms with Crippen molar-refractivity contribution in [2.45, 2.75) is 18.4 Å². The van der Waals surface area contributed by atoms with Gasteiger partial charge in [0.1, 0.15) is 11.6 Å². The van der Waals surface area contributed by atoms with Crippen LogP contribution in [0.1, 0.15) is 11.4 Å². The summed E-state index contributed by atoms with van der Waals surface area (Å²) in [5.41, 5.74) is 1.84. The van der Waals surface area contributed by atoms with E-state index in [1.165, 1.54) is 19.2 Å². The molecule has 0 fully saturated rings. The first-order valence-corrected chi connectivity index (χ1v) is 10.1. The molecule has 0 amide bonds. The van der Waals surface area contributed by atoms with E-state index in [0.717, 1.165) is 17.1 Å². The molecule has 0 unspecified atom stereocenters. The van der Waals surface area contributed by atoms with Crippen molar-refractivity contribution in [2.75, 3.05) is 7.11 Å². The Morgan fingerprint density at radius 1 is 1.19 bits per heavy atom. The molecule has 0 aliphatic heterocycles. The zero-order chi connectivity index (χ0) is 18.7. The van der Waals surface area contributed by atoms with Crippen LogP contribution >= 0.6 is 15.9 Å². The van der Waals surface area contributed by atoms with Crippen LogP contribution in [0.25, 0.3) is 5.69 Å². The molecule has 6 nitrogen and oxygen atoms in total. The lowest BCUT2D eigenvalue weighted by molar-refractivity contribution is 0.411. The van der Waals surface area contributed by atoms with Gasteiger partial charge >= 0.3 is 0 Å². The van der Waals surface area contributed by atoms with E-state index in [1.807, 2.05) is 42.0 Å². The average Bonchev–Trinajstić information content (AvgIpc) is 3.06. The maximum absolute atomic E-state index is 12.5. The van der Waals surface area contributed by atoms with Gasteiger partial charge in [-0.3, -0.25) is 0 Å². The monoisotopic (exact) mass is 435 g/mol. The number of methoxy groups -OCH3 is 1. The largest absolute Gasteiger partial charge is 0.496 e. The van der Waals surface area contributed by atoms with Gasteiger partial charge in [-0.15, -0.1) is 0 Å². The maximum Gasteiger partial charge on any atom is 0.240 e. The summed E-state index contributed by atoms with van der Waals surface area (Å²) in [6, 6.07) is 12.3. The zero-order valence-corrected chi connectivity index (χ0v) is 16.7. The number of ether oxygens (including phenoxy) is 1. The van der Waals surface area contributed by atoms with Crippen LogP contribution in [0.15, 0.2) is 64.2 Å². The van der Waals surface area contributed by atoms with Gasteiger partial charge in [0, 0.05) is 24.6 Å². The van der Waals surface area contributed by atoms with Crippen molar-refractivity contribution in [3.63, 3.8) is 0 Å². The Balaban J connectivity index is 1.72. The van der Waals surface area contributed by atoms with Crippen LogP contribution < -0.4 is 9.46 Å². The van der Waals surface area contributed by atoms with Gasteiger partial charge in [0.25, 0.3) is 0 Å². The van der Waals surface area contributed by atoms with Gasteiger partial charge in [0.15, 0.2) is 0 Å². The van der Waals surface area contributed by atoms with E-state index in [0.29, 0.717) is 10.2 Å². The standard InChI is InChI=1S/C18H18BrN3O3S/c1-13-20-9-10-22(13)15-5-3-14(4-6-15)12-21-26(23,24)16-7-8-18(25-2)17(19)11-16/h3-11,21H,12H2,1-2H3. The summed E-state index contributed by atoms with van der Waals surface area (Å²) in [6.45, 7) is 2.13. The van der Waals surface area contributed by atoms with Crippen LogP contribution in [0.2, 0.25) is 0 Å². The zero-order valence-electron chi connectivity index (χ0n) is 14.3. The molecule has 1 aromatic heterocycles. The number of benzene rings is 2. The van der Waals surface area contributed by atoms with E-state index in [4.69, 9.17) is 4.74 Å². The predicted octanol–water partition coefficient (Wildman–Crippen LogP) is 3.43. The van der Waals surface area contributed by atoms with Gasteiger partial charge in [-0.25, -0.2) is 18.1 Å². The normalized spacial score (nSPS) is 11.5. The van der Waals surface area contributed by atoms with E-state index in [2.05, 4.69) is 25.6 Å². The second-order valence-electron chi connectivity index (χ2n) is 5.63. The Labute approximate surface area is 161 Å². The van der Waals surface area contributed by atoms with Crippen molar-refractivity contribution in [1.82, 2.24) is 14.3 Å². The van der Waals surface area contributed by atoms with Gasteiger partial charge < -0.3 is 9.30 Å². The first-order valence-electron chi connectivity index (χ1n) is 7.83. The predicted molar refractivity (Wildman–Crippen MR) is 103 cm³/mol. The number of imidazole rings is 1. The second-order valence-corrected chi connectivity index (χ2v) is 8.25. The van der Waals surface area contributed by atoms with E-state index in [9.17, 15) is 8.42 Å². The molecule has 0 saturated carbocycles. The summed E-state index contributed by atoms with van der Waals surface area (Å²) >= 11 is 3.30. The van der Waals surface area contributed by atoms with Crippen LogP contribution in [0, 0.1) is 6.92 Å². The van der Waals surface area contributed by atoms with Crippen LogP contribution in [-0.4, -0.2) is 25.1 Å². The molecule has 0 atom stereocenters. The highest BCUT2D eigenvalue weighted by Gasteiger charge is 2.15. The molecule has 3 aromatic rings. The third-order valence-corrected chi connectivity index (χ3v) is 5.96. The summed E-state index contributed by atoms with van der Waals surface area (Å²) in [7, 11) is -2.09. The highest BCUT2D eigenvalue weighted by molar-refractivity contribution is 9.10.